The number of carbonyl (C=O) groups is 1. The minimum atomic E-state index is 0.263. The Morgan fingerprint density at radius 1 is 1.54 bits per heavy atom. The molecule has 0 aromatic carbocycles. The Bertz CT molecular complexity index is 198. The SMILES string of the molecule is NCC1CN(C(=O)C2CCCS2)C1. The summed E-state index contributed by atoms with van der Waals surface area (Å²) in [5.74, 6) is 2.08. The first-order valence-corrected chi connectivity index (χ1v) is 5.96. The van der Waals surface area contributed by atoms with Crippen molar-refractivity contribution in [3.05, 3.63) is 0 Å². The van der Waals surface area contributed by atoms with Gasteiger partial charge in [-0.15, -0.1) is 11.8 Å². The molecule has 2 heterocycles. The molecular formula is C9H16N2OS. The Morgan fingerprint density at radius 2 is 2.31 bits per heavy atom. The highest BCUT2D eigenvalue weighted by molar-refractivity contribution is 8.00. The van der Waals surface area contributed by atoms with E-state index in [9.17, 15) is 4.79 Å². The Morgan fingerprint density at radius 3 is 2.85 bits per heavy atom. The fourth-order valence-corrected chi connectivity index (χ4v) is 3.12. The molecule has 0 aromatic heterocycles. The number of nitrogens with zero attached hydrogens (tertiary/aromatic N) is 1. The fraction of sp³-hybridized carbons (Fsp3) is 0.889. The van der Waals surface area contributed by atoms with Gasteiger partial charge in [0.2, 0.25) is 5.91 Å². The van der Waals surface area contributed by atoms with Gasteiger partial charge in [0.1, 0.15) is 0 Å². The maximum atomic E-state index is 11.8. The number of rotatable bonds is 2. The fourth-order valence-electron chi connectivity index (χ4n) is 1.87. The van der Waals surface area contributed by atoms with Crippen LogP contribution in [0.3, 0.4) is 0 Å². The van der Waals surface area contributed by atoms with Gasteiger partial charge in [0.25, 0.3) is 0 Å². The molecule has 2 saturated heterocycles. The molecule has 4 heteroatoms. The third-order valence-corrected chi connectivity index (χ3v) is 4.17. The van der Waals surface area contributed by atoms with E-state index in [4.69, 9.17) is 5.73 Å². The van der Waals surface area contributed by atoms with E-state index in [1.54, 1.807) is 0 Å². The third kappa shape index (κ3) is 1.83. The van der Waals surface area contributed by atoms with Crippen LogP contribution in [0.1, 0.15) is 12.8 Å². The lowest BCUT2D eigenvalue weighted by atomic mass is 10.00. The van der Waals surface area contributed by atoms with Crippen molar-refractivity contribution in [2.45, 2.75) is 18.1 Å². The first kappa shape index (κ1) is 9.34. The number of nitrogens with two attached hydrogens (primary N) is 1. The summed E-state index contributed by atoms with van der Waals surface area (Å²) in [5, 5.41) is 0.263. The van der Waals surface area contributed by atoms with Gasteiger partial charge in [0.15, 0.2) is 0 Å². The van der Waals surface area contributed by atoms with Gasteiger partial charge in [-0.3, -0.25) is 4.79 Å². The molecular weight excluding hydrogens is 184 g/mol. The van der Waals surface area contributed by atoms with E-state index in [1.165, 1.54) is 6.42 Å². The van der Waals surface area contributed by atoms with Crippen LogP contribution in [0.2, 0.25) is 0 Å². The zero-order valence-corrected chi connectivity index (χ0v) is 8.55. The van der Waals surface area contributed by atoms with E-state index < -0.39 is 0 Å². The average Bonchev–Trinajstić information content (AvgIpc) is 2.53. The molecule has 2 aliphatic rings. The van der Waals surface area contributed by atoms with E-state index in [2.05, 4.69) is 0 Å². The van der Waals surface area contributed by atoms with Crippen LogP contribution in [0.4, 0.5) is 0 Å². The first-order chi connectivity index (χ1) is 6.31. The molecule has 0 bridgehead atoms. The van der Waals surface area contributed by atoms with Crippen LogP contribution >= 0.6 is 11.8 Å². The van der Waals surface area contributed by atoms with Crippen molar-refractivity contribution in [3.63, 3.8) is 0 Å². The molecule has 1 unspecified atom stereocenters. The number of likely N-dealkylation sites (tertiary alicyclic amines) is 1. The lowest BCUT2D eigenvalue weighted by Crippen LogP contribution is -2.54. The second-order valence-electron chi connectivity index (χ2n) is 3.85. The number of hydrogen-bond acceptors (Lipinski definition) is 3. The summed E-state index contributed by atoms with van der Waals surface area (Å²) in [4.78, 5) is 13.7. The standard InChI is InChI=1S/C9H16N2OS/c10-4-7-5-11(6-7)9(12)8-2-1-3-13-8/h7-8H,1-6,10H2. The van der Waals surface area contributed by atoms with Crippen LogP contribution in [0.15, 0.2) is 0 Å². The lowest BCUT2D eigenvalue weighted by Gasteiger charge is -2.39. The van der Waals surface area contributed by atoms with Crippen LogP contribution in [0, 0.1) is 5.92 Å². The smallest absolute Gasteiger partial charge is 0.235 e. The molecule has 13 heavy (non-hydrogen) atoms. The van der Waals surface area contributed by atoms with Crippen molar-refractivity contribution in [1.82, 2.24) is 4.90 Å². The van der Waals surface area contributed by atoms with Crippen LogP contribution in [-0.4, -0.2) is 41.4 Å². The summed E-state index contributed by atoms with van der Waals surface area (Å²) in [7, 11) is 0. The van der Waals surface area contributed by atoms with Crippen molar-refractivity contribution in [2.24, 2.45) is 11.7 Å². The molecule has 2 aliphatic heterocycles. The van der Waals surface area contributed by atoms with Gasteiger partial charge >= 0.3 is 0 Å². The monoisotopic (exact) mass is 200 g/mol. The van der Waals surface area contributed by atoms with Crippen LogP contribution in [-0.2, 0) is 4.79 Å². The van der Waals surface area contributed by atoms with E-state index in [-0.39, 0.29) is 5.25 Å². The molecule has 2 fully saturated rings. The van der Waals surface area contributed by atoms with Crippen molar-refractivity contribution in [1.29, 1.82) is 0 Å². The third-order valence-electron chi connectivity index (χ3n) is 2.81. The zero-order valence-electron chi connectivity index (χ0n) is 7.74. The van der Waals surface area contributed by atoms with E-state index in [1.807, 2.05) is 16.7 Å². The van der Waals surface area contributed by atoms with Gasteiger partial charge in [0.05, 0.1) is 5.25 Å². The average molecular weight is 200 g/mol. The molecule has 3 nitrogen and oxygen atoms in total. The Kier molecular flexibility index (Phi) is 2.79. The second-order valence-corrected chi connectivity index (χ2v) is 5.16. The van der Waals surface area contributed by atoms with Crippen LogP contribution in [0.25, 0.3) is 0 Å². The Labute approximate surface area is 83.0 Å². The molecule has 74 valence electrons. The Hall–Kier alpha value is -0.220. The minimum absolute atomic E-state index is 0.263. The van der Waals surface area contributed by atoms with E-state index in [0.717, 1.165) is 31.8 Å². The van der Waals surface area contributed by atoms with Crippen molar-refractivity contribution >= 4 is 17.7 Å². The van der Waals surface area contributed by atoms with Crippen LogP contribution in [0.5, 0.6) is 0 Å². The predicted molar refractivity (Wildman–Crippen MR) is 54.6 cm³/mol. The van der Waals surface area contributed by atoms with Crippen LogP contribution < -0.4 is 5.73 Å². The normalized spacial score (nSPS) is 29.0. The highest BCUT2D eigenvalue weighted by Crippen LogP contribution is 2.29. The topological polar surface area (TPSA) is 46.3 Å². The van der Waals surface area contributed by atoms with Crippen molar-refractivity contribution < 1.29 is 4.79 Å². The summed E-state index contributed by atoms with van der Waals surface area (Å²) in [6.07, 6.45) is 2.28. The van der Waals surface area contributed by atoms with Gasteiger partial charge in [-0.2, -0.15) is 0 Å². The molecule has 0 aliphatic carbocycles. The van der Waals surface area contributed by atoms with E-state index >= 15 is 0 Å². The predicted octanol–water partition coefficient (Wildman–Crippen LogP) is 0.299. The number of hydrogen-bond donors (Lipinski definition) is 1. The van der Waals surface area contributed by atoms with E-state index in [0.29, 0.717) is 11.8 Å². The minimum Gasteiger partial charge on any atom is -0.341 e. The molecule has 1 amide bonds. The summed E-state index contributed by atoms with van der Waals surface area (Å²) >= 11 is 1.81. The maximum absolute atomic E-state index is 11.8. The number of carbonyl (C=O) groups excluding carboxylic acids is 1. The second kappa shape index (κ2) is 3.88. The summed E-state index contributed by atoms with van der Waals surface area (Å²) in [6, 6.07) is 0. The maximum Gasteiger partial charge on any atom is 0.235 e. The highest BCUT2D eigenvalue weighted by Gasteiger charge is 2.34. The summed E-state index contributed by atoms with van der Waals surface area (Å²) in [5.41, 5.74) is 5.51. The lowest BCUT2D eigenvalue weighted by molar-refractivity contribution is -0.136. The molecule has 2 rings (SSSR count). The van der Waals surface area contributed by atoms with Crippen molar-refractivity contribution in [3.8, 4) is 0 Å². The number of thioether (sulfide) groups is 1. The molecule has 2 N–H and O–H groups in total. The molecule has 1 atom stereocenters. The van der Waals surface area contributed by atoms with Gasteiger partial charge in [0, 0.05) is 19.0 Å². The molecule has 0 spiro atoms. The first-order valence-electron chi connectivity index (χ1n) is 4.91. The highest BCUT2D eigenvalue weighted by atomic mass is 32.2. The zero-order chi connectivity index (χ0) is 9.26. The number of amides is 1. The molecule has 0 saturated carbocycles. The summed E-state index contributed by atoms with van der Waals surface area (Å²) < 4.78 is 0. The van der Waals surface area contributed by atoms with Gasteiger partial charge in [-0.05, 0) is 25.1 Å². The van der Waals surface area contributed by atoms with Gasteiger partial charge in [-0.25, -0.2) is 0 Å². The largest absolute Gasteiger partial charge is 0.341 e. The van der Waals surface area contributed by atoms with Gasteiger partial charge < -0.3 is 10.6 Å². The van der Waals surface area contributed by atoms with Crippen molar-refractivity contribution in [2.75, 3.05) is 25.4 Å². The molecule has 0 radical (unpaired) electrons. The quantitative estimate of drug-likeness (QED) is 0.697. The molecule has 0 aromatic rings. The van der Waals surface area contributed by atoms with Gasteiger partial charge in [-0.1, -0.05) is 0 Å². The summed E-state index contributed by atoms with van der Waals surface area (Å²) in [6.45, 7) is 2.51. The Balaban J connectivity index is 1.78.